The van der Waals surface area contributed by atoms with Crippen molar-refractivity contribution in [1.29, 1.82) is 0 Å². The molecule has 0 aromatic heterocycles. The second kappa shape index (κ2) is 7.44. The maximum absolute atomic E-state index is 11.9. The molecule has 0 aliphatic rings. The van der Waals surface area contributed by atoms with Crippen LogP contribution in [0.4, 0.5) is 5.69 Å². The van der Waals surface area contributed by atoms with Gasteiger partial charge in [0.15, 0.2) is 0 Å². The molecule has 0 aliphatic carbocycles. The molecule has 0 radical (unpaired) electrons. The fourth-order valence-electron chi connectivity index (χ4n) is 2.08. The van der Waals surface area contributed by atoms with Crippen LogP contribution in [0.2, 0.25) is 0 Å². The Kier molecular flexibility index (Phi) is 6.21. The predicted octanol–water partition coefficient (Wildman–Crippen LogP) is 3.69. The highest BCUT2D eigenvalue weighted by Gasteiger charge is 2.13. The smallest absolute Gasteiger partial charge is 0.224 e. The Bertz CT molecular complexity index is 418. The number of anilines is 1. The van der Waals surface area contributed by atoms with Gasteiger partial charge in [0.25, 0.3) is 0 Å². The van der Waals surface area contributed by atoms with Gasteiger partial charge in [-0.2, -0.15) is 0 Å². The largest absolute Gasteiger partial charge is 0.330 e. The number of carbonyl (C=O) groups excluding carboxylic acids is 1. The summed E-state index contributed by atoms with van der Waals surface area (Å²) in [6.45, 7) is 9.37. The third-order valence-electron chi connectivity index (χ3n) is 3.56. The van der Waals surface area contributed by atoms with E-state index in [0.717, 1.165) is 18.5 Å². The Morgan fingerprint density at radius 1 is 1.20 bits per heavy atom. The lowest BCUT2D eigenvalue weighted by Crippen LogP contribution is -2.15. The van der Waals surface area contributed by atoms with Crippen molar-refractivity contribution in [2.24, 2.45) is 11.7 Å². The Hall–Kier alpha value is -1.35. The van der Waals surface area contributed by atoms with Crippen LogP contribution in [0.25, 0.3) is 0 Å². The fraction of sp³-hybridized carbons (Fsp3) is 0.588. The molecular formula is C17H28N2O. The van der Waals surface area contributed by atoms with Crippen molar-refractivity contribution in [3.05, 3.63) is 29.8 Å². The topological polar surface area (TPSA) is 55.1 Å². The van der Waals surface area contributed by atoms with Crippen LogP contribution >= 0.6 is 0 Å². The van der Waals surface area contributed by atoms with E-state index in [-0.39, 0.29) is 11.3 Å². The minimum absolute atomic E-state index is 0.0809. The molecular weight excluding hydrogens is 248 g/mol. The van der Waals surface area contributed by atoms with E-state index in [1.807, 2.05) is 12.1 Å². The number of amides is 1. The molecule has 20 heavy (non-hydrogen) atoms. The van der Waals surface area contributed by atoms with Gasteiger partial charge in [-0.1, -0.05) is 39.8 Å². The summed E-state index contributed by atoms with van der Waals surface area (Å²) in [4.78, 5) is 11.9. The highest BCUT2D eigenvalue weighted by molar-refractivity contribution is 5.90. The molecule has 1 amide bonds. The monoisotopic (exact) mass is 276 g/mol. The molecule has 0 fully saturated rings. The van der Waals surface area contributed by atoms with Crippen molar-refractivity contribution < 1.29 is 4.79 Å². The first kappa shape index (κ1) is 16.7. The molecule has 0 saturated carbocycles. The first-order valence-corrected chi connectivity index (χ1v) is 7.43. The van der Waals surface area contributed by atoms with E-state index in [4.69, 9.17) is 5.73 Å². The molecule has 0 saturated heterocycles. The van der Waals surface area contributed by atoms with Gasteiger partial charge in [0, 0.05) is 12.1 Å². The molecule has 1 rings (SSSR count). The first-order valence-electron chi connectivity index (χ1n) is 7.43. The van der Waals surface area contributed by atoms with Gasteiger partial charge < -0.3 is 11.1 Å². The number of nitrogens with two attached hydrogens (primary N) is 1. The zero-order valence-electron chi connectivity index (χ0n) is 13.2. The van der Waals surface area contributed by atoms with Crippen LogP contribution in [-0.2, 0) is 10.2 Å². The summed E-state index contributed by atoms with van der Waals surface area (Å²) in [5, 5.41) is 2.95. The van der Waals surface area contributed by atoms with Gasteiger partial charge in [0.05, 0.1) is 0 Å². The Morgan fingerprint density at radius 2 is 1.80 bits per heavy atom. The van der Waals surface area contributed by atoms with Gasteiger partial charge in [0.1, 0.15) is 0 Å². The molecule has 3 nitrogen and oxygen atoms in total. The third kappa shape index (κ3) is 5.74. The highest BCUT2D eigenvalue weighted by atomic mass is 16.1. The van der Waals surface area contributed by atoms with Crippen LogP contribution < -0.4 is 11.1 Å². The number of hydrogen-bond acceptors (Lipinski definition) is 2. The second-order valence-corrected chi connectivity index (χ2v) is 6.60. The van der Waals surface area contributed by atoms with Gasteiger partial charge in [-0.25, -0.2) is 0 Å². The molecule has 3 N–H and O–H groups in total. The van der Waals surface area contributed by atoms with Crippen LogP contribution in [0.3, 0.4) is 0 Å². The van der Waals surface area contributed by atoms with Gasteiger partial charge in [-0.3, -0.25) is 4.79 Å². The van der Waals surface area contributed by atoms with Crippen molar-refractivity contribution in [2.45, 2.75) is 52.4 Å². The maximum Gasteiger partial charge on any atom is 0.224 e. The number of nitrogens with one attached hydrogen (secondary N) is 1. The predicted molar refractivity (Wildman–Crippen MR) is 85.8 cm³/mol. The van der Waals surface area contributed by atoms with Crippen molar-refractivity contribution in [1.82, 2.24) is 0 Å². The van der Waals surface area contributed by atoms with Crippen LogP contribution in [-0.4, -0.2) is 12.5 Å². The molecule has 1 unspecified atom stereocenters. The molecule has 112 valence electrons. The summed E-state index contributed by atoms with van der Waals surface area (Å²) < 4.78 is 0. The molecule has 3 heteroatoms. The molecule has 0 heterocycles. The first-order chi connectivity index (χ1) is 9.32. The van der Waals surface area contributed by atoms with E-state index in [2.05, 4.69) is 45.1 Å². The Labute approximate surface area is 122 Å². The van der Waals surface area contributed by atoms with Crippen LogP contribution in [0.15, 0.2) is 24.3 Å². The van der Waals surface area contributed by atoms with Crippen molar-refractivity contribution >= 4 is 11.6 Å². The quantitative estimate of drug-likeness (QED) is 0.832. The number of carbonyl (C=O) groups is 1. The number of hydrogen-bond donors (Lipinski definition) is 2. The minimum atomic E-state index is 0.0809. The SMILES string of the molecule is CC(CCN)CCC(=O)Nc1ccc(C(C)(C)C)cc1. The lowest BCUT2D eigenvalue weighted by atomic mass is 9.87. The summed E-state index contributed by atoms with van der Waals surface area (Å²) in [6.07, 6.45) is 2.43. The second-order valence-electron chi connectivity index (χ2n) is 6.60. The standard InChI is InChI=1S/C17H28N2O/c1-13(11-12-18)5-10-16(20)19-15-8-6-14(7-9-15)17(2,3)4/h6-9,13H,5,10-12,18H2,1-4H3,(H,19,20). The van der Waals surface area contributed by atoms with E-state index in [9.17, 15) is 4.79 Å². The van der Waals surface area contributed by atoms with Crippen molar-refractivity contribution in [2.75, 3.05) is 11.9 Å². The van der Waals surface area contributed by atoms with Crippen molar-refractivity contribution in [3.63, 3.8) is 0 Å². The molecule has 0 bridgehead atoms. The summed E-state index contributed by atoms with van der Waals surface area (Å²) >= 11 is 0. The van der Waals surface area contributed by atoms with E-state index in [1.165, 1.54) is 5.56 Å². The normalized spacial score (nSPS) is 13.1. The lowest BCUT2D eigenvalue weighted by Gasteiger charge is -2.19. The summed E-state index contributed by atoms with van der Waals surface area (Å²) in [5.74, 6) is 0.589. The fourth-order valence-corrected chi connectivity index (χ4v) is 2.08. The molecule has 1 aromatic carbocycles. The average molecular weight is 276 g/mol. The Morgan fingerprint density at radius 3 is 2.30 bits per heavy atom. The van der Waals surface area contributed by atoms with E-state index in [1.54, 1.807) is 0 Å². The van der Waals surface area contributed by atoms with Crippen molar-refractivity contribution in [3.8, 4) is 0 Å². The number of benzene rings is 1. The Balaban J connectivity index is 2.46. The molecule has 1 aromatic rings. The van der Waals surface area contributed by atoms with Gasteiger partial charge in [-0.15, -0.1) is 0 Å². The van der Waals surface area contributed by atoms with Gasteiger partial charge >= 0.3 is 0 Å². The van der Waals surface area contributed by atoms with Gasteiger partial charge in [-0.05, 0) is 48.4 Å². The maximum atomic E-state index is 11.9. The lowest BCUT2D eigenvalue weighted by molar-refractivity contribution is -0.116. The van der Waals surface area contributed by atoms with Crippen LogP contribution in [0.5, 0.6) is 0 Å². The highest BCUT2D eigenvalue weighted by Crippen LogP contribution is 2.23. The van der Waals surface area contributed by atoms with Crippen LogP contribution in [0.1, 0.15) is 52.5 Å². The van der Waals surface area contributed by atoms with Crippen LogP contribution in [0, 0.1) is 5.92 Å². The molecule has 0 spiro atoms. The summed E-state index contributed by atoms with van der Waals surface area (Å²) in [5.41, 5.74) is 7.79. The molecule has 1 atom stereocenters. The summed E-state index contributed by atoms with van der Waals surface area (Å²) in [7, 11) is 0. The average Bonchev–Trinajstić information content (AvgIpc) is 2.36. The van der Waals surface area contributed by atoms with Gasteiger partial charge in [0.2, 0.25) is 5.91 Å². The van der Waals surface area contributed by atoms with E-state index in [0.29, 0.717) is 18.9 Å². The third-order valence-corrected chi connectivity index (χ3v) is 3.56. The molecule has 0 aliphatic heterocycles. The zero-order chi connectivity index (χ0) is 15.2. The number of rotatable bonds is 6. The summed E-state index contributed by atoms with van der Waals surface area (Å²) in [6, 6.07) is 8.10. The van der Waals surface area contributed by atoms with E-state index >= 15 is 0 Å². The minimum Gasteiger partial charge on any atom is -0.330 e. The zero-order valence-corrected chi connectivity index (χ0v) is 13.2. The van der Waals surface area contributed by atoms with E-state index < -0.39 is 0 Å².